The van der Waals surface area contributed by atoms with Gasteiger partial charge in [0, 0.05) is 17.3 Å². The lowest BCUT2D eigenvalue weighted by Gasteiger charge is -2.11. The Morgan fingerprint density at radius 2 is 1.59 bits per heavy atom. The molecule has 0 bridgehead atoms. The first-order valence-electron chi connectivity index (χ1n) is 9.13. The highest BCUT2D eigenvalue weighted by atomic mass is 19.1. The van der Waals surface area contributed by atoms with Crippen molar-refractivity contribution >= 4 is 23.6 Å². The zero-order valence-electron chi connectivity index (χ0n) is 15.7. The second-order valence-corrected chi connectivity index (χ2v) is 6.33. The van der Waals surface area contributed by atoms with Gasteiger partial charge in [0.1, 0.15) is 5.82 Å². The maximum absolute atomic E-state index is 13.5. The zero-order valence-corrected chi connectivity index (χ0v) is 15.7. The van der Waals surface area contributed by atoms with Crippen LogP contribution in [0.5, 0.6) is 0 Å². The summed E-state index contributed by atoms with van der Waals surface area (Å²) in [5.41, 5.74) is 3.01. The van der Waals surface area contributed by atoms with Crippen molar-refractivity contribution in [3.8, 4) is 0 Å². The van der Waals surface area contributed by atoms with Gasteiger partial charge >= 0.3 is 5.97 Å². The number of amides is 1. The van der Waals surface area contributed by atoms with Crippen molar-refractivity contribution in [2.24, 2.45) is 0 Å². The lowest BCUT2D eigenvalue weighted by atomic mass is 10.0. The molecule has 1 amide bonds. The van der Waals surface area contributed by atoms with E-state index in [1.165, 1.54) is 18.2 Å². The minimum absolute atomic E-state index is 0.267. The molecule has 0 saturated heterocycles. The number of carbonyl (C=O) groups is 2. The monoisotopic (exact) mass is 389 g/mol. The van der Waals surface area contributed by atoms with Crippen LogP contribution >= 0.6 is 0 Å². The van der Waals surface area contributed by atoms with Gasteiger partial charge in [0.2, 0.25) is 0 Å². The molecule has 4 nitrogen and oxygen atoms in total. The second-order valence-electron chi connectivity index (χ2n) is 6.33. The number of carbonyl (C=O) groups excluding carboxylic acids is 2. The van der Waals surface area contributed by atoms with E-state index in [0.29, 0.717) is 12.1 Å². The third-order valence-electron chi connectivity index (χ3n) is 4.18. The Morgan fingerprint density at radius 1 is 0.897 bits per heavy atom. The Hall–Kier alpha value is -3.73. The molecular formula is C24H20FNO3. The summed E-state index contributed by atoms with van der Waals surface area (Å²) in [4.78, 5) is 24.0. The van der Waals surface area contributed by atoms with E-state index in [2.05, 4.69) is 5.32 Å². The predicted molar refractivity (Wildman–Crippen MR) is 111 cm³/mol. The predicted octanol–water partition coefficient (Wildman–Crippen LogP) is 4.61. The van der Waals surface area contributed by atoms with Crippen LogP contribution in [-0.4, -0.2) is 18.5 Å². The summed E-state index contributed by atoms with van der Waals surface area (Å²) in [6.07, 6.45) is 3.07. The maximum Gasteiger partial charge on any atom is 0.331 e. The van der Waals surface area contributed by atoms with Crippen molar-refractivity contribution in [1.29, 1.82) is 0 Å². The van der Waals surface area contributed by atoms with Gasteiger partial charge in [0.15, 0.2) is 6.61 Å². The molecule has 0 heterocycles. The SMILES string of the molecule is O=C(COC(=O)/C=C/c1ccccc1F)Nc1ccccc1Cc1ccccc1. The third-order valence-corrected chi connectivity index (χ3v) is 4.18. The van der Waals surface area contributed by atoms with E-state index in [0.717, 1.165) is 17.2 Å². The lowest BCUT2D eigenvalue weighted by Crippen LogP contribution is -2.20. The summed E-state index contributed by atoms with van der Waals surface area (Å²) in [5.74, 6) is -1.61. The van der Waals surface area contributed by atoms with Gasteiger partial charge in [-0.15, -0.1) is 0 Å². The van der Waals surface area contributed by atoms with Gasteiger partial charge in [0.25, 0.3) is 5.91 Å². The zero-order chi connectivity index (χ0) is 20.5. The molecular weight excluding hydrogens is 369 g/mol. The number of rotatable bonds is 7. The fourth-order valence-corrected chi connectivity index (χ4v) is 2.75. The summed E-state index contributed by atoms with van der Waals surface area (Å²) in [7, 11) is 0. The van der Waals surface area contributed by atoms with Crippen LogP contribution in [0.15, 0.2) is 84.9 Å². The number of halogens is 1. The van der Waals surface area contributed by atoms with Crippen LogP contribution in [0.4, 0.5) is 10.1 Å². The quantitative estimate of drug-likeness (QED) is 0.474. The highest BCUT2D eigenvalue weighted by molar-refractivity contribution is 5.95. The number of para-hydroxylation sites is 1. The van der Waals surface area contributed by atoms with E-state index in [4.69, 9.17) is 4.74 Å². The fraction of sp³-hybridized carbons (Fsp3) is 0.0833. The summed E-state index contributed by atoms with van der Waals surface area (Å²) in [6, 6.07) is 23.4. The van der Waals surface area contributed by atoms with Gasteiger partial charge in [-0.05, 0) is 35.8 Å². The highest BCUT2D eigenvalue weighted by Crippen LogP contribution is 2.19. The molecule has 1 N–H and O–H groups in total. The smallest absolute Gasteiger partial charge is 0.331 e. The molecule has 5 heteroatoms. The Labute approximate surface area is 168 Å². The van der Waals surface area contributed by atoms with Crippen molar-refractivity contribution < 1.29 is 18.7 Å². The number of esters is 1. The van der Waals surface area contributed by atoms with E-state index >= 15 is 0 Å². The molecule has 0 radical (unpaired) electrons. The number of hydrogen-bond acceptors (Lipinski definition) is 3. The van der Waals surface area contributed by atoms with Crippen LogP contribution in [0.3, 0.4) is 0 Å². The average Bonchev–Trinajstić information content (AvgIpc) is 2.74. The van der Waals surface area contributed by atoms with Crippen molar-refractivity contribution in [1.82, 2.24) is 0 Å². The molecule has 146 valence electrons. The number of anilines is 1. The molecule has 0 aliphatic rings. The van der Waals surface area contributed by atoms with E-state index < -0.39 is 24.3 Å². The van der Waals surface area contributed by atoms with Crippen LogP contribution in [0, 0.1) is 5.82 Å². The molecule has 0 aliphatic heterocycles. The summed E-state index contributed by atoms with van der Waals surface area (Å²) in [5, 5.41) is 2.77. The molecule has 0 atom stereocenters. The van der Waals surface area contributed by atoms with Gasteiger partial charge in [0.05, 0.1) is 0 Å². The molecule has 0 fully saturated rings. The molecule has 3 aromatic carbocycles. The minimum atomic E-state index is -0.721. The normalized spacial score (nSPS) is 10.7. The minimum Gasteiger partial charge on any atom is -0.452 e. The molecule has 3 aromatic rings. The average molecular weight is 389 g/mol. The highest BCUT2D eigenvalue weighted by Gasteiger charge is 2.09. The van der Waals surface area contributed by atoms with E-state index in [-0.39, 0.29) is 5.56 Å². The van der Waals surface area contributed by atoms with Gasteiger partial charge in [-0.25, -0.2) is 9.18 Å². The fourth-order valence-electron chi connectivity index (χ4n) is 2.75. The number of hydrogen-bond donors (Lipinski definition) is 1. The molecule has 0 saturated carbocycles. The molecule has 0 aromatic heterocycles. The van der Waals surface area contributed by atoms with Crippen LogP contribution in [-0.2, 0) is 20.7 Å². The van der Waals surface area contributed by atoms with Gasteiger partial charge < -0.3 is 10.1 Å². The Morgan fingerprint density at radius 3 is 2.38 bits per heavy atom. The first kappa shape index (κ1) is 20.0. The number of benzene rings is 3. The van der Waals surface area contributed by atoms with Crippen molar-refractivity contribution in [3.63, 3.8) is 0 Å². The lowest BCUT2D eigenvalue weighted by molar-refractivity contribution is -0.142. The molecule has 0 unspecified atom stereocenters. The molecule has 0 spiro atoms. The summed E-state index contributed by atoms with van der Waals surface area (Å²) in [6.45, 7) is -0.430. The van der Waals surface area contributed by atoms with E-state index in [1.807, 2.05) is 48.5 Å². The first-order valence-corrected chi connectivity index (χ1v) is 9.13. The number of nitrogens with one attached hydrogen (secondary N) is 1. The van der Waals surface area contributed by atoms with E-state index in [1.54, 1.807) is 18.2 Å². The first-order chi connectivity index (χ1) is 14.1. The van der Waals surface area contributed by atoms with Crippen molar-refractivity contribution in [2.45, 2.75) is 6.42 Å². The van der Waals surface area contributed by atoms with Crippen molar-refractivity contribution in [2.75, 3.05) is 11.9 Å². The van der Waals surface area contributed by atoms with Crippen LogP contribution in [0.1, 0.15) is 16.7 Å². The Bertz CT molecular complexity index is 1020. The van der Waals surface area contributed by atoms with Crippen LogP contribution < -0.4 is 5.32 Å². The van der Waals surface area contributed by atoms with Crippen molar-refractivity contribution in [3.05, 3.63) is 107 Å². The third kappa shape index (κ3) is 6.14. The molecule has 29 heavy (non-hydrogen) atoms. The van der Waals surface area contributed by atoms with Gasteiger partial charge in [-0.3, -0.25) is 4.79 Å². The summed E-state index contributed by atoms with van der Waals surface area (Å²) >= 11 is 0. The summed E-state index contributed by atoms with van der Waals surface area (Å²) < 4.78 is 18.5. The standard InChI is InChI=1S/C24H20FNO3/c25-21-12-6-4-10-19(21)14-15-24(28)29-17-23(27)26-22-13-7-5-11-20(22)16-18-8-2-1-3-9-18/h1-15H,16-17H2,(H,26,27)/b15-14+. The number of ether oxygens (including phenoxy) is 1. The Kier molecular flexibility index (Phi) is 6.90. The van der Waals surface area contributed by atoms with Gasteiger partial charge in [-0.2, -0.15) is 0 Å². The van der Waals surface area contributed by atoms with Crippen LogP contribution in [0.25, 0.3) is 6.08 Å². The maximum atomic E-state index is 13.5. The topological polar surface area (TPSA) is 55.4 Å². The second kappa shape index (κ2) is 9.99. The Balaban J connectivity index is 1.54. The molecule has 0 aliphatic carbocycles. The molecule has 3 rings (SSSR count). The van der Waals surface area contributed by atoms with E-state index in [9.17, 15) is 14.0 Å². The largest absolute Gasteiger partial charge is 0.452 e. The van der Waals surface area contributed by atoms with Crippen LogP contribution in [0.2, 0.25) is 0 Å². The van der Waals surface area contributed by atoms with Gasteiger partial charge in [-0.1, -0.05) is 66.7 Å².